The monoisotopic (exact) mass is 699 g/mol. The Balaban J connectivity index is 1.62. The number of rotatable bonds is 7. The van der Waals surface area contributed by atoms with Gasteiger partial charge in [-0.05, 0) is 112 Å². The van der Waals surface area contributed by atoms with Crippen LogP contribution in [0.2, 0.25) is 0 Å². The molecule has 2 aromatic carbocycles. The number of aromatic nitrogens is 1. The lowest BCUT2D eigenvalue weighted by atomic mass is 9.90. The van der Waals surface area contributed by atoms with E-state index in [-0.39, 0.29) is 36.1 Å². The van der Waals surface area contributed by atoms with E-state index >= 15 is 4.39 Å². The number of ether oxygens (including phenoxy) is 1. The predicted molar refractivity (Wildman–Crippen MR) is 182 cm³/mol. The van der Waals surface area contributed by atoms with Gasteiger partial charge in [0.15, 0.2) is 0 Å². The zero-order valence-electron chi connectivity index (χ0n) is 29.0. The first-order valence-corrected chi connectivity index (χ1v) is 17.2. The van der Waals surface area contributed by atoms with Gasteiger partial charge in [-0.3, -0.25) is 14.4 Å². The predicted octanol–water partition coefficient (Wildman–Crippen LogP) is 7.49. The third-order valence-electron chi connectivity index (χ3n) is 9.58. The van der Waals surface area contributed by atoms with Gasteiger partial charge in [0.25, 0.3) is 5.56 Å². The Morgan fingerprint density at radius 2 is 1.72 bits per heavy atom. The summed E-state index contributed by atoms with van der Waals surface area (Å²) in [6, 6.07) is 5.26. The minimum absolute atomic E-state index is 0.0293. The topological polar surface area (TPSA) is 101 Å². The third kappa shape index (κ3) is 8.75. The minimum Gasteiger partial charge on any atom is -0.493 e. The molecule has 0 radical (unpaired) electrons. The maximum absolute atomic E-state index is 16.0. The summed E-state index contributed by atoms with van der Waals surface area (Å²) in [5, 5.41) is 12.6. The molecule has 2 aliphatic rings. The van der Waals surface area contributed by atoms with Crippen molar-refractivity contribution in [3.63, 3.8) is 0 Å². The zero-order chi connectivity index (χ0) is 36.3. The van der Waals surface area contributed by atoms with Gasteiger partial charge < -0.3 is 24.6 Å². The average Bonchev–Trinajstić information content (AvgIpc) is 3.87. The van der Waals surface area contributed by atoms with Crippen molar-refractivity contribution in [2.75, 3.05) is 27.2 Å². The molecule has 1 aliphatic carbocycles. The van der Waals surface area contributed by atoms with E-state index in [2.05, 4.69) is 11.4 Å². The Bertz CT molecular complexity index is 1800. The van der Waals surface area contributed by atoms with E-state index in [1.54, 1.807) is 32.0 Å². The molecule has 5 rings (SSSR count). The number of aryl methyl sites for hydroxylation is 2. The largest absolute Gasteiger partial charge is 0.493 e. The molecule has 3 aromatic rings. The van der Waals surface area contributed by atoms with E-state index < -0.39 is 53.5 Å². The number of pyridine rings is 1. The highest BCUT2D eigenvalue weighted by Crippen LogP contribution is 2.45. The quantitative estimate of drug-likeness (QED) is 0.248. The smallest absolute Gasteiger partial charge is 0.416 e. The molecule has 12 heteroatoms. The van der Waals surface area contributed by atoms with Gasteiger partial charge in [0.05, 0.1) is 24.6 Å². The van der Waals surface area contributed by atoms with Crippen molar-refractivity contribution in [3.05, 3.63) is 86.1 Å². The summed E-state index contributed by atoms with van der Waals surface area (Å²) in [6.07, 6.45) is 0.454. The maximum Gasteiger partial charge on any atom is 0.416 e. The standard InChI is InChI=1S/C38H45F4N3O5/c1-22-15-26(24-10-11-24)18-32-35(22)27-16-23(2)36(39)28(17-27)30(20-34(47)48)43-37(49)31(9-7-5-6-8-14-50-32)45-21-25(12-13-44(3)4)29(19-33(45)46)38(40,41)42/h15-19,21,24,30-31H,5-14,20H2,1-4H3,(H,43,49)(H,47,48)/t30-,31-/m0/s1. The Hall–Kier alpha value is -4.19. The van der Waals surface area contributed by atoms with Crippen LogP contribution in [-0.2, 0) is 22.2 Å². The number of likely N-dealkylation sites (N-methyl/N-ethyl adjacent to an activating group) is 1. The molecule has 2 atom stereocenters. The maximum atomic E-state index is 16.0. The summed E-state index contributed by atoms with van der Waals surface area (Å²) in [5.41, 5.74) is 1.44. The Kier molecular flexibility index (Phi) is 11.4. The van der Waals surface area contributed by atoms with Crippen LogP contribution in [0.4, 0.5) is 17.6 Å². The summed E-state index contributed by atoms with van der Waals surface area (Å²) in [6.45, 7) is 4.20. The number of carbonyl (C=O) groups excluding carboxylic acids is 1. The number of aliphatic carboxylic acids is 1. The molecule has 0 spiro atoms. The van der Waals surface area contributed by atoms with E-state index in [0.29, 0.717) is 49.2 Å². The molecule has 8 nitrogen and oxygen atoms in total. The lowest BCUT2D eigenvalue weighted by molar-refractivity contribution is -0.139. The van der Waals surface area contributed by atoms with Crippen molar-refractivity contribution in [3.8, 4) is 16.9 Å². The van der Waals surface area contributed by atoms with Crippen LogP contribution in [0, 0.1) is 19.7 Å². The number of carboxylic acids is 1. The highest BCUT2D eigenvalue weighted by Gasteiger charge is 2.36. The number of carbonyl (C=O) groups is 2. The molecule has 1 amide bonds. The van der Waals surface area contributed by atoms with Crippen LogP contribution in [0.3, 0.4) is 0 Å². The number of nitrogens with one attached hydrogen (secondary N) is 1. The second-order valence-electron chi connectivity index (χ2n) is 13.9. The number of amides is 1. The molecule has 0 unspecified atom stereocenters. The fourth-order valence-electron chi connectivity index (χ4n) is 6.81. The summed E-state index contributed by atoms with van der Waals surface area (Å²) in [4.78, 5) is 41.3. The SMILES string of the molecule is Cc1cc2cc(c1F)[C@H](CC(=O)O)NC(=O)[C@@H](n1cc(CCN(C)C)c(C(F)(F)F)cc1=O)CCCCCCOc1cc(C3CC3)cc(C)c1-2. The Labute approximate surface area is 289 Å². The van der Waals surface area contributed by atoms with Crippen LogP contribution in [-0.4, -0.2) is 53.7 Å². The number of hydrogen-bond acceptors (Lipinski definition) is 5. The number of benzene rings is 2. The lowest BCUT2D eigenvalue weighted by Gasteiger charge is -2.26. The minimum atomic E-state index is -4.78. The molecule has 1 saturated carbocycles. The highest BCUT2D eigenvalue weighted by atomic mass is 19.4. The molecule has 2 bridgehead atoms. The van der Waals surface area contributed by atoms with Crippen molar-refractivity contribution < 1.29 is 37.0 Å². The van der Waals surface area contributed by atoms with Gasteiger partial charge in [-0.1, -0.05) is 25.3 Å². The molecule has 2 heterocycles. The van der Waals surface area contributed by atoms with E-state index in [4.69, 9.17) is 4.74 Å². The second-order valence-corrected chi connectivity index (χ2v) is 13.9. The first-order valence-electron chi connectivity index (χ1n) is 17.2. The fraction of sp³-hybridized carbons (Fsp3) is 0.500. The van der Waals surface area contributed by atoms with Gasteiger partial charge >= 0.3 is 12.1 Å². The zero-order valence-corrected chi connectivity index (χ0v) is 29.0. The molecule has 1 fully saturated rings. The number of nitrogens with zero attached hydrogens (tertiary/aromatic N) is 2. The van der Waals surface area contributed by atoms with Crippen molar-refractivity contribution in [1.82, 2.24) is 14.8 Å². The number of hydrogen-bond donors (Lipinski definition) is 2. The number of carboxylic acid groups (broad SMARTS) is 1. The normalized spacial score (nSPS) is 19.1. The second kappa shape index (κ2) is 15.4. The Morgan fingerprint density at radius 1 is 1.00 bits per heavy atom. The average molecular weight is 700 g/mol. The van der Waals surface area contributed by atoms with E-state index in [9.17, 15) is 32.7 Å². The fourth-order valence-corrected chi connectivity index (χ4v) is 6.81. The van der Waals surface area contributed by atoms with Crippen LogP contribution < -0.4 is 15.6 Å². The van der Waals surface area contributed by atoms with Crippen molar-refractivity contribution in [1.29, 1.82) is 0 Å². The Morgan fingerprint density at radius 3 is 2.38 bits per heavy atom. The first kappa shape index (κ1) is 37.1. The van der Waals surface area contributed by atoms with Gasteiger partial charge in [0.1, 0.15) is 17.6 Å². The van der Waals surface area contributed by atoms with Crippen molar-refractivity contribution >= 4 is 11.9 Å². The van der Waals surface area contributed by atoms with Gasteiger partial charge in [0.2, 0.25) is 5.91 Å². The molecule has 1 aromatic heterocycles. The summed E-state index contributed by atoms with van der Waals surface area (Å²) in [7, 11) is 3.43. The van der Waals surface area contributed by atoms with E-state index in [0.717, 1.165) is 41.2 Å². The van der Waals surface area contributed by atoms with Crippen molar-refractivity contribution in [2.45, 2.75) is 95.8 Å². The number of alkyl halides is 3. The summed E-state index contributed by atoms with van der Waals surface area (Å²) < 4.78 is 65.4. The summed E-state index contributed by atoms with van der Waals surface area (Å²) >= 11 is 0. The van der Waals surface area contributed by atoms with Gasteiger partial charge in [-0.15, -0.1) is 0 Å². The molecular formula is C38H45F4N3O5. The summed E-state index contributed by atoms with van der Waals surface area (Å²) in [5.74, 6) is -1.62. The van der Waals surface area contributed by atoms with Gasteiger partial charge in [-0.25, -0.2) is 4.39 Å². The lowest BCUT2D eigenvalue weighted by Crippen LogP contribution is -2.40. The van der Waals surface area contributed by atoms with Crippen LogP contribution in [0.1, 0.15) is 103 Å². The molecular weight excluding hydrogens is 654 g/mol. The van der Waals surface area contributed by atoms with Crippen LogP contribution in [0.5, 0.6) is 5.75 Å². The molecule has 270 valence electrons. The van der Waals surface area contributed by atoms with E-state index in [1.807, 2.05) is 13.0 Å². The first-order chi connectivity index (χ1) is 23.6. The van der Waals surface area contributed by atoms with E-state index in [1.165, 1.54) is 11.6 Å². The molecule has 2 N–H and O–H groups in total. The van der Waals surface area contributed by atoms with Crippen molar-refractivity contribution in [2.24, 2.45) is 0 Å². The molecule has 50 heavy (non-hydrogen) atoms. The number of fused-ring (bicyclic) bond motifs is 4. The number of halogens is 4. The van der Waals surface area contributed by atoms with Gasteiger partial charge in [0, 0.05) is 29.9 Å². The van der Waals surface area contributed by atoms with Crippen LogP contribution in [0.15, 0.2) is 41.3 Å². The highest BCUT2D eigenvalue weighted by molar-refractivity contribution is 5.82. The van der Waals surface area contributed by atoms with Crippen LogP contribution in [0.25, 0.3) is 11.1 Å². The third-order valence-corrected chi connectivity index (χ3v) is 9.58. The van der Waals surface area contributed by atoms with Crippen LogP contribution >= 0.6 is 0 Å². The molecule has 1 aliphatic heterocycles. The molecule has 0 saturated heterocycles. The van der Waals surface area contributed by atoms with Gasteiger partial charge in [-0.2, -0.15) is 13.2 Å².